The minimum absolute atomic E-state index is 0.113. The van der Waals surface area contributed by atoms with Gasteiger partial charge in [0.15, 0.2) is 0 Å². The summed E-state index contributed by atoms with van der Waals surface area (Å²) in [5.74, 6) is 0. The lowest BCUT2D eigenvalue weighted by Crippen LogP contribution is -2.03. The van der Waals surface area contributed by atoms with E-state index in [0.29, 0.717) is 12.8 Å². The largest absolute Gasteiger partial charge is 0.281 e. The number of allylic oxidation sites excluding steroid dienone is 2. The second-order valence-electron chi connectivity index (χ2n) is 2.13. The van der Waals surface area contributed by atoms with E-state index in [-0.39, 0.29) is 11.3 Å². The fraction of sp³-hybridized carbons (Fsp3) is 0.429. The maximum Gasteiger partial charge on any atom is 0.281 e. The van der Waals surface area contributed by atoms with Gasteiger partial charge in [-0.1, -0.05) is 0 Å². The van der Waals surface area contributed by atoms with E-state index in [9.17, 15) is 8.78 Å². The number of alkyl halides is 2. The molecule has 0 radical (unpaired) electrons. The SMILES string of the molecule is N#CC1=C(C(F)F)N=CCC1. The highest BCUT2D eigenvalue weighted by atomic mass is 19.3. The second-order valence-corrected chi connectivity index (χ2v) is 2.13. The van der Waals surface area contributed by atoms with Crippen LogP contribution in [0.5, 0.6) is 0 Å². The van der Waals surface area contributed by atoms with Crippen LogP contribution >= 0.6 is 0 Å². The van der Waals surface area contributed by atoms with E-state index in [1.165, 1.54) is 6.21 Å². The van der Waals surface area contributed by atoms with Gasteiger partial charge in [-0.3, -0.25) is 4.99 Å². The summed E-state index contributed by atoms with van der Waals surface area (Å²) in [4.78, 5) is 3.46. The molecule has 0 saturated heterocycles. The van der Waals surface area contributed by atoms with E-state index in [1.807, 2.05) is 0 Å². The Bertz CT molecular complexity index is 248. The molecule has 1 aliphatic heterocycles. The summed E-state index contributed by atoms with van der Waals surface area (Å²) in [5, 5.41) is 8.40. The molecule has 0 atom stereocenters. The van der Waals surface area contributed by atoms with E-state index in [0.717, 1.165) is 0 Å². The van der Waals surface area contributed by atoms with Crippen molar-refractivity contribution in [2.45, 2.75) is 19.3 Å². The molecule has 0 saturated carbocycles. The van der Waals surface area contributed by atoms with Crippen LogP contribution < -0.4 is 0 Å². The number of nitrogens with zero attached hydrogens (tertiary/aromatic N) is 2. The van der Waals surface area contributed by atoms with Gasteiger partial charge in [0.2, 0.25) is 0 Å². The predicted molar refractivity (Wildman–Crippen MR) is 36.4 cm³/mol. The molecule has 2 nitrogen and oxygen atoms in total. The van der Waals surface area contributed by atoms with Crippen molar-refractivity contribution < 1.29 is 8.78 Å². The fourth-order valence-corrected chi connectivity index (χ4v) is 0.879. The molecule has 1 rings (SSSR count). The molecule has 11 heavy (non-hydrogen) atoms. The first-order chi connectivity index (χ1) is 5.25. The van der Waals surface area contributed by atoms with Crippen molar-refractivity contribution in [3.63, 3.8) is 0 Å². The summed E-state index contributed by atoms with van der Waals surface area (Å²) in [6.07, 6.45) is -0.234. The molecular weight excluding hydrogens is 150 g/mol. The normalized spacial score (nSPS) is 17.3. The van der Waals surface area contributed by atoms with E-state index >= 15 is 0 Å². The number of hydrogen-bond donors (Lipinski definition) is 0. The molecule has 0 fully saturated rings. The molecule has 1 heterocycles. The summed E-state index contributed by atoms with van der Waals surface area (Å²) in [6.45, 7) is 0. The van der Waals surface area contributed by atoms with Crippen LogP contribution in [0.1, 0.15) is 12.8 Å². The molecule has 0 amide bonds. The zero-order valence-electron chi connectivity index (χ0n) is 5.72. The van der Waals surface area contributed by atoms with Gasteiger partial charge >= 0.3 is 0 Å². The van der Waals surface area contributed by atoms with Crippen molar-refractivity contribution >= 4 is 6.21 Å². The Balaban J connectivity index is 2.94. The number of hydrogen-bond acceptors (Lipinski definition) is 2. The van der Waals surface area contributed by atoms with E-state index < -0.39 is 6.43 Å². The minimum atomic E-state index is -2.62. The maximum absolute atomic E-state index is 12.0. The van der Waals surface area contributed by atoms with Crippen molar-refractivity contribution in [2.24, 2.45) is 4.99 Å². The fourth-order valence-electron chi connectivity index (χ4n) is 0.879. The van der Waals surface area contributed by atoms with Gasteiger partial charge in [0, 0.05) is 6.21 Å². The number of aliphatic imine (C=N–C) groups is 1. The predicted octanol–water partition coefficient (Wildman–Crippen LogP) is 1.89. The van der Waals surface area contributed by atoms with E-state index in [2.05, 4.69) is 4.99 Å². The summed E-state index contributed by atoms with van der Waals surface area (Å²) in [6, 6.07) is 1.72. The van der Waals surface area contributed by atoms with Crippen LogP contribution in [0, 0.1) is 11.3 Å². The first-order valence-corrected chi connectivity index (χ1v) is 3.19. The van der Waals surface area contributed by atoms with Gasteiger partial charge in [-0.15, -0.1) is 0 Å². The third kappa shape index (κ3) is 1.61. The molecule has 58 valence electrons. The van der Waals surface area contributed by atoms with E-state index in [1.54, 1.807) is 6.07 Å². The maximum atomic E-state index is 12.0. The molecule has 0 spiro atoms. The number of halogens is 2. The Labute approximate surface area is 62.9 Å². The topological polar surface area (TPSA) is 36.1 Å². The second kappa shape index (κ2) is 3.24. The molecule has 0 aromatic rings. The molecular formula is C7H6F2N2. The van der Waals surface area contributed by atoms with Gasteiger partial charge in [0.05, 0.1) is 11.6 Å². The highest BCUT2D eigenvalue weighted by Crippen LogP contribution is 2.21. The van der Waals surface area contributed by atoms with Gasteiger partial charge < -0.3 is 0 Å². The van der Waals surface area contributed by atoms with Crippen molar-refractivity contribution in [2.75, 3.05) is 0 Å². The molecule has 0 aliphatic carbocycles. The molecule has 0 bridgehead atoms. The summed E-state index contributed by atoms with van der Waals surface area (Å²) in [7, 11) is 0. The van der Waals surface area contributed by atoms with E-state index in [4.69, 9.17) is 5.26 Å². The van der Waals surface area contributed by atoms with Crippen molar-refractivity contribution in [1.82, 2.24) is 0 Å². The zero-order valence-corrected chi connectivity index (χ0v) is 5.72. The Morgan fingerprint density at radius 1 is 1.64 bits per heavy atom. The lowest BCUT2D eigenvalue weighted by Gasteiger charge is -2.07. The van der Waals surface area contributed by atoms with Crippen LogP contribution in [0.3, 0.4) is 0 Å². The molecule has 0 N–H and O–H groups in total. The van der Waals surface area contributed by atoms with Gasteiger partial charge in [0.25, 0.3) is 6.43 Å². The summed E-state index contributed by atoms with van der Waals surface area (Å²) >= 11 is 0. The monoisotopic (exact) mass is 156 g/mol. The molecule has 0 aromatic carbocycles. The molecule has 0 aromatic heterocycles. The minimum Gasteiger partial charge on any atom is -0.259 e. The van der Waals surface area contributed by atoms with Crippen molar-refractivity contribution in [1.29, 1.82) is 5.26 Å². The Morgan fingerprint density at radius 3 is 2.82 bits per heavy atom. The van der Waals surface area contributed by atoms with Crippen LogP contribution in [0.2, 0.25) is 0 Å². The third-order valence-electron chi connectivity index (χ3n) is 1.40. The number of rotatable bonds is 1. The van der Waals surface area contributed by atoms with Crippen molar-refractivity contribution in [3.05, 3.63) is 11.3 Å². The standard InChI is InChI=1S/C7H6F2N2/c8-7(9)6-5(4-10)2-1-3-11-6/h3,7H,1-2H2. The molecule has 1 aliphatic rings. The average molecular weight is 156 g/mol. The lowest BCUT2D eigenvalue weighted by molar-refractivity contribution is 0.186. The Hall–Kier alpha value is -1.24. The highest BCUT2D eigenvalue weighted by Gasteiger charge is 2.17. The lowest BCUT2D eigenvalue weighted by atomic mass is 10.1. The summed E-state index contributed by atoms with van der Waals surface area (Å²) in [5.41, 5.74) is -0.249. The van der Waals surface area contributed by atoms with Crippen LogP contribution in [-0.4, -0.2) is 12.6 Å². The average Bonchev–Trinajstić information content (AvgIpc) is 2.04. The van der Waals surface area contributed by atoms with Gasteiger partial charge in [-0.05, 0) is 12.8 Å². The van der Waals surface area contributed by atoms with Crippen LogP contribution in [0.4, 0.5) is 8.78 Å². The number of nitriles is 1. The molecule has 4 heteroatoms. The first-order valence-electron chi connectivity index (χ1n) is 3.19. The Morgan fingerprint density at radius 2 is 2.36 bits per heavy atom. The first kappa shape index (κ1) is 7.86. The van der Waals surface area contributed by atoms with Gasteiger partial charge in [0.1, 0.15) is 5.70 Å². The zero-order chi connectivity index (χ0) is 8.27. The van der Waals surface area contributed by atoms with Gasteiger partial charge in [-0.2, -0.15) is 5.26 Å². The molecule has 0 unspecified atom stereocenters. The van der Waals surface area contributed by atoms with Crippen molar-refractivity contribution in [3.8, 4) is 6.07 Å². The third-order valence-corrected chi connectivity index (χ3v) is 1.40. The summed E-state index contributed by atoms with van der Waals surface area (Å²) < 4.78 is 24.1. The smallest absolute Gasteiger partial charge is 0.259 e. The van der Waals surface area contributed by atoms with Gasteiger partial charge in [-0.25, -0.2) is 8.78 Å². The van der Waals surface area contributed by atoms with Crippen LogP contribution in [0.15, 0.2) is 16.3 Å². The Kier molecular flexibility index (Phi) is 2.32. The van der Waals surface area contributed by atoms with Crippen LogP contribution in [-0.2, 0) is 0 Å². The quantitative estimate of drug-likeness (QED) is 0.571. The highest BCUT2D eigenvalue weighted by molar-refractivity contribution is 5.63. The van der Waals surface area contributed by atoms with Crippen LogP contribution in [0.25, 0.3) is 0 Å².